The lowest BCUT2D eigenvalue weighted by Crippen LogP contribution is -2.48. The molecule has 10 nitrogen and oxygen atoms in total. The summed E-state index contributed by atoms with van der Waals surface area (Å²) in [6.45, 7) is 1.07. The average molecular weight is 756 g/mol. The van der Waals surface area contributed by atoms with Gasteiger partial charge in [0.2, 0.25) is 5.91 Å². The van der Waals surface area contributed by atoms with E-state index in [-0.39, 0.29) is 59.9 Å². The second-order valence-electron chi connectivity index (χ2n) is 15.3. The number of ether oxygens (including phenoxy) is 2. The van der Waals surface area contributed by atoms with Crippen LogP contribution in [0.3, 0.4) is 0 Å². The van der Waals surface area contributed by atoms with E-state index < -0.39 is 0 Å². The summed E-state index contributed by atoms with van der Waals surface area (Å²) >= 11 is 0. The maximum Gasteiger partial charge on any atom is 0.274 e. The molecule has 1 aromatic heterocycles. The fourth-order valence-electron chi connectivity index (χ4n) is 8.22. The van der Waals surface area contributed by atoms with Crippen LogP contribution in [-0.4, -0.2) is 75.7 Å². The third-order valence-electron chi connectivity index (χ3n) is 11.3. The van der Waals surface area contributed by atoms with Crippen LogP contribution in [0.5, 0.6) is 0 Å². The number of amides is 3. The number of nitrogens with zero attached hydrogens (tertiary/aromatic N) is 4. The largest absolute Gasteiger partial charge is 0.371 e. The summed E-state index contributed by atoms with van der Waals surface area (Å²) in [6, 6.07) is 35.4. The van der Waals surface area contributed by atoms with Crippen molar-refractivity contribution in [2.75, 3.05) is 14.1 Å². The number of likely N-dealkylation sites (N-methyl/N-ethyl adjacent to an activating group) is 1. The van der Waals surface area contributed by atoms with Gasteiger partial charge in [0, 0.05) is 26.7 Å². The summed E-state index contributed by atoms with van der Waals surface area (Å²) in [4.78, 5) is 45.7. The van der Waals surface area contributed by atoms with Gasteiger partial charge in [0.15, 0.2) is 5.69 Å². The first kappa shape index (κ1) is 38.9. The first-order valence-corrected chi connectivity index (χ1v) is 20.0. The van der Waals surface area contributed by atoms with Crippen LogP contribution in [0.2, 0.25) is 0 Å². The summed E-state index contributed by atoms with van der Waals surface area (Å²) in [5, 5.41) is 10.0. The Balaban J connectivity index is 1.10. The fraction of sp³-hybridized carbons (Fsp3) is 0.391. The van der Waals surface area contributed by atoms with E-state index in [0.717, 1.165) is 78.8 Å². The van der Waals surface area contributed by atoms with Gasteiger partial charge in [-0.05, 0) is 53.1 Å². The van der Waals surface area contributed by atoms with E-state index in [9.17, 15) is 14.4 Å². The van der Waals surface area contributed by atoms with Gasteiger partial charge in [0.25, 0.3) is 11.8 Å². The highest BCUT2D eigenvalue weighted by Crippen LogP contribution is 2.28. The molecule has 0 aliphatic heterocycles. The Morgan fingerprint density at radius 3 is 2.05 bits per heavy atom. The number of aromatic nitrogens is 2. The number of benzene rings is 4. The van der Waals surface area contributed by atoms with Gasteiger partial charge in [0.1, 0.15) is 12.2 Å². The Labute approximate surface area is 329 Å². The molecule has 4 atom stereocenters. The molecule has 292 valence electrons. The number of hydrogen-bond donors (Lipinski definition) is 1. The van der Waals surface area contributed by atoms with Crippen molar-refractivity contribution in [2.24, 2.45) is 0 Å². The Hall–Kier alpha value is -5.32. The lowest BCUT2D eigenvalue weighted by atomic mass is 9.91. The van der Waals surface area contributed by atoms with Gasteiger partial charge < -0.3 is 24.6 Å². The molecule has 56 heavy (non-hydrogen) atoms. The van der Waals surface area contributed by atoms with E-state index in [2.05, 4.69) is 28.6 Å². The number of carbonyl (C=O) groups excluding carboxylic acids is 3. The normalized spacial score (nSPS) is 19.7. The van der Waals surface area contributed by atoms with Gasteiger partial charge in [-0.1, -0.05) is 129 Å². The topological polar surface area (TPSA) is 106 Å². The van der Waals surface area contributed by atoms with Crippen molar-refractivity contribution in [1.29, 1.82) is 0 Å². The van der Waals surface area contributed by atoms with E-state index in [4.69, 9.17) is 9.47 Å². The maximum absolute atomic E-state index is 14.5. The Morgan fingerprint density at radius 1 is 0.714 bits per heavy atom. The quantitative estimate of drug-likeness (QED) is 0.126. The minimum atomic E-state index is -0.336. The number of hydrogen-bond acceptors (Lipinski definition) is 6. The summed E-state index contributed by atoms with van der Waals surface area (Å²) in [7, 11) is 3.53. The highest BCUT2D eigenvalue weighted by Gasteiger charge is 2.35. The molecular formula is C46H53N5O5. The highest BCUT2D eigenvalue weighted by atomic mass is 16.5. The minimum absolute atomic E-state index is 0.111. The first-order chi connectivity index (χ1) is 27.3. The standard InChI is InChI=1S/C46H53N5O5/c1-49(29-36-22-15-21-35-20-9-10-23-37(35)36)45(53)39-28-41(46(54)50(2)40-25-12-14-27-43(40)56-32-34-18-7-4-8-19-34)51(48-39)30-44(52)47-38-24-11-13-26-42(38)55-31-33-16-5-3-6-17-33/h3-10,15-23,28,38,40,42-43H,11-14,24-27,29-32H2,1-2H3,(H,47,52)/t38-,40-,42-,43-/m0/s1. The van der Waals surface area contributed by atoms with Crippen LogP contribution in [0.1, 0.15) is 89.0 Å². The molecule has 10 heteroatoms. The molecule has 0 radical (unpaired) electrons. The van der Waals surface area contributed by atoms with Crippen LogP contribution in [0.4, 0.5) is 0 Å². The van der Waals surface area contributed by atoms with Gasteiger partial charge in [-0.15, -0.1) is 0 Å². The molecule has 0 spiro atoms. The van der Waals surface area contributed by atoms with E-state index >= 15 is 0 Å². The number of nitrogens with one attached hydrogen (secondary N) is 1. The van der Waals surface area contributed by atoms with Gasteiger partial charge in [-0.3, -0.25) is 14.4 Å². The molecule has 5 aromatic rings. The third-order valence-corrected chi connectivity index (χ3v) is 11.3. The molecule has 2 aliphatic rings. The van der Waals surface area contributed by atoms with Crippen LogP contribution >= 0.6 is 0 Å². The van der Waals surface area contributed by atoms with E-state index in [0.29, 0.717) is 19.8 Å². The summed E-state index contributed by atoms with van der Waals surface area (Å²) in [5.41, 5.74) is 3.47. The zero-order chi connectivity index (χ0) is 38.9. The molecule has 7 rings (SSSR count). The molecule has 2 aliphatic carbocycles. The number of carbonyl (C=O) groups is 3. The summed E-state index contributed by atoms with van der Waals surface area (Å²) in [6.07, 6.45) is 7.03. The molecule has 1 heterocycles. The zero-order valence-corrected chi connectivity index (χ0v) is 32.5. The van der Waals surface area contributed by atoms with Crippen LogP contribution < -0.4 is 5.32 Å². The maximum atomic E-state index is 14.5. The second kappa shape index (κ2) is 18.5. The SMILES string of the molecule is CN(Cc1cccc2ccccc12)C(=O)c1cc(C(=O)N(C)[C@H]2CCCC[C@@H]2OCc2ccccc2)n(CC(=O)N[C@H]2CCCC[C@@H]2OCc2ccccc2)n1. The van der Waals surface area contributed by atoms with Gasteiger partial charge in [0.05, 0.1) is 37.5 Å². The highest BCUT2D eigenvalue weighted by molar-refractivity contribution is 5.98. The summed E-state index contributed by atoms with van der Waals surface area (Å²) in [5.74, 6) is -0.921. The van der Waals surface area contributed by atoms with Gasteiger partial charge in [-0.25, -0.2) is 4.68 Å². The molecule has 1 N–H and O–H groups in total. The average Bonchev–Trinajstić information content (AvgIpc) is 3.66. The second-order valence-corrected chi connectivity index (χ2v) is 15.3. The van der Waals surface area contributed by atoms with Crippen LogP contribution in [0.15, 0.2) is 109 Å². The van der Waals surface area contributed by atoms with Crippen molar-refractivity contribution >= 4 is 28.5 Å². The van der Waals surface area contributed by atoms with Gasteiger partial charge in [-0.2, -0.15) is 5.10 Å². The van der Waals surface area contributed by atoms with Crippen LogP contribution in [-0.2, 0) is 40.6 Å². The molecule has 0 unspecified atom stereocenters. The lowest BCUT2D eigenvalue weighted by molar-refractivity contribution is -0.124. The summed E-state index contributed by atoms with van der Waals surface area (Å²) < 4.78 is 14.2. The van der Waals surface area contributed by atoms with Crippen molar-refractivity contribution in [3.05, 3.63) is 137 Å². The predicted molar refractivity (Wildman–Crippen MR) is 217 cm³/mol. The van der Waals surface area contributed by atoms with E-state index in [1.165, 1.54) is 4.68 Å². The molecule has 2 saturated carbocycles. The lowest BCUT2D eigenvalue weighted by Gasteiger charge is -2.37. The van der Waals surface area contributed by atoms with Crippen molar-refractivity contribution in [2.45, 2.75) is 102 Å². The third kappa shape index (κ3) is 9.54. The minimum Gasteiger partial charge on any atom is -0.371 e. The van der Waals surface area contributed by atoms with Gasteiger partial charge >= 0.3 is 0 Å². The van der Waals surface area contributed by atoms with Crippen LogP contribution in [0, 0.1) is 0 Å². The number of rotatable bonds is 14. The molecule has 3 amide bonds. The molecule has 0 bridgehead atoms. The van der Waals surface area contributed by atoms with Crippen molar-refractivity contribution < 1.29 is 23.9 Å². The van der Waals surface area contributed by atoms with Crippen molar-refractivity contribution in [3.8, 4) is 0 Å². The van der Waals surface area contributed by atoms with E-state index in [1.54, 1.807) is 30.0 Å². The molecule has 2 fully saturated rings. The Morgan fingerprint density at radius 2 is 1.32 bits per heavy atom. The smallest absolute Gasteiger partial charge is 0.274 e. The van der Waals surface area contributed by atoms with Crippen LogP contribution in [0.25, 0.3) is 10.8 Å². The van der Waals surface area contributed by atoms with E-state index in [1.807, 2.05) is 84.9 Å². The molecule has 0 saturated heterocycles. The molecular weight excluding hydrogens is 703 g/mol. The van der Waals surface area contributed by atoms with Crippen molar-refractivity contribution in [1.82, 2.24) is 24.9 Å². The Bertz CT molecular complexity index is 2080. The monoisotopic (exact) mass is 755 g/mol. The number of fused-ring (bicyclic) bond motifs is 1. The Kier molecular flexibility index (Phi) is 12.9. The first-order valence-electron chi connectivity index (χ1n) is 20.0. The predicted octanol–water partition coefficient (Wildman–Crippen LogP) is 7.55. The molecule has 4 aromatic carbocycles. The van der Waals surface area contributed by atoms with Crippen molar-refractivity contribution in [3.63, 3.8) is 0 Å². The fourth-order valence-corrected chi connectivity index (χ4v) is 8.22. The zero-order valence-electron chi connectivity index (χ0n) is 32.5.